The molecule has 16 heavy (non-hydrogen) atoms. The summed E-state index contributed by atoms with van der Waals surface area (Å²) in [6.07, 6.45) is 0.941. The zero-order valence-corrected chi connectivity index (χ0v) is 9.86. The predicted octanol–water partition coefficient (Wildman–Crippen LogP) is 1.03. The van der Waals surface area contributed by atoms with Crippen LogP contribution in [-0.4, -0.2) is 27.8 Å². The summed E-state index contributed by atoms with van der Waals surface area (Å²) in [5, 5.41) is 6.45. The minimum atomic E-state index is -0.527. The maximum Gasteiger partial charge on any atom is 0.378 e. The third-order valence-electron chi connectivity index (χ3n) is 2.53. The van der Waals surface area contributed by atoms with Gasteiger partial charge in [0, 0.05) is 0 Å². The summed E-state index contributed by atoms with van der Waals surface area (Å²) in [5.41, 5.74) is 5.95. The molecule has 0 fully saturated rings. The second-order valence-electron chi connectivity index (χ2n) is 3.68. The second kappa shape index (κ2) is 5.60. The van der Waals surface area contributed by atoms with Crippen LogP contribution in [0.5, 0.6) is 0 Å². The van der Waals surface area contributed by atoms with Crippen LogP contribution in [0.25, 0.3) is 0 Å². The number of nitrogens with zero attached hydrogens (tertiary/aromatic N) is 2. The molecule has 0 aromatic carbocycles. The molecule has 0 bridgehead atoms. The van der Waals surface area contributed by atoms with Crippen molar-refractivity contribution >= 4 is 5.97 Å². The van der Waals surface area contributed by atoms with Crippen LogP contribution in [-0.2, 0) is 4.74 Å². The van der Waals surface area contributed by atoms with Crippen molar-refractivity contribution in [3.63, 3.8) is 0 Å². The predicted molar refractivity (Wildman–Crippen MR) is 58.7 cm³/mol. The van der Waals surface area contributed by atoms with Crippen molar-refractivity contribution < 1.29 is 9.53 Å². The molecule has 0 saturated heterocycles. The molecule has 1 aromatic rings. The van der Waals surface area contributed by atoms with E-state index in [9.17, 15) is 4.79 Å². The Morgan fingerprint density at radius 2 is 2.25 bits per heavy atom. The van der Waals surface area contributed by atoms with E-state index in [1.165, 1.54) is 0 Å². The Kier molecular flexibility index (Phi) is 4.42. The molecule has 0 saturated carbocycles. The Morgan fingerprint density at radius 1 is 1.56 bits per heavy atom. The van der Waals surface area contributed by atoms with Gasteiger partial charge in [-0.1, -0.05) is 20.3 Å². The lowest BCUT2D eigenvalue weighted by Gasteiger charge is -2.14. The summed E-state index contributed by atoms with van der Waals surface area (Å²) >= 11 is 0. The van der Waals surface area contributed by atoms with Crippen LogP contribution in [0.3, 0.4) is 0 Å². The van der Waals surface area contributed by atoms with Gasteiger partial charge in [-0.15, -0.1) is 5.10 Å². The van der Waals surface area contributed by atoms with Crippen molar-refractivity contribution in [1.29, 1.82) is 0 Å². The highest BCUT2D eigenvalue weighted by Crippen LogP contribution is 2.18. The summed E-state index contributed by atoms with van der Waals surface area (Å²) in [5.74, 6) is 0.317. The molecule has 1 heterocycles. The average Bonchev–Trinajstić information content (AvgIpc) is 2.76. The van der Waals surface area contributed by atoms with Crippen molar-refractivity contribution in [2.24, 2.45) is 11.7 Å². The quantitative estimate of drug-likeness (QED) is 0.731. The number of ether oxygens (including phenoxy) is 1. The van der Waals surface area contributed by atoms with Gasteiger partial charge in [0.2, 0.25) is 0 Å². The van der Waals surface area contributed by atoms with E-state index in [2.05, 4.69) is 15.2 Å². The Balaban J connectivity index is 2.74. The molecule has 1 rings (SSSR count). The third-order valence-corrected chi connectivity index (χ3v) is 2.53. The first-order valence-corrected chi connectivity index (χ1v) is 5.45. The molecule has 0 amide bonds. The van der Waals surface area contributed by atoms with E-state index in [0.717, 1.165) is 6.42 Å². The van der Waals surface area contributed by atoms with Gasteiger partial charge in [0.25, 0.3) is 5.82 Å². The van der Waals surface area contributed by atoms with Gasteiger partial charge in [-0.3, -0.25) is 5.10 Å². The molecule has 0 unspecified atom stereocenters. The standard InChI is InChI=1S/C10H18N4O2/c1-4-6(3)7(11)8-12-9(14-13-8)10(15)16-5-2/h6-7H,4-5,11H2,1-3H3,(H,12,13,14)/t6-,7-/m0/s1. The lowest BCUT2D eigenvalue weighted by atomic mass is 10.00. The molecule has 0 aliphatic carbocycles. The smallest absolute Gasteiger partial charge is 0.378 e. The van der Waals surface area contributed by atoms with Gasteiger partial charge in [-0.25, -0.2) is 9.78 Å². The molecule has 90 valence electrons. The number of esters is 1. The van der Waals surface area contributed by atoms with E-state index >= 15 is 0 Å². The van der Waals surface area contributed by atoms with E-state index in [1.807, 2.05) is 13.8 Å². The van der Waals surface area contributed by atoms with E-state index in [1.54, 1.807) is 6.92 Å². The van der Waals surface area contributed by atoms with Gasteiger partial charge >= 0.3 is 5.97 Å². The molecule has 6 nitrogen and oxygen atoms in total. The first-order chi connectivity index (χ1) is 7.60. The maximum atomic E-state index is 11.3. The third kappa shape index (κ3) is 2.79. The van der Waals surface area contributed by atoms with Crippen LogP contribution in [0.15, 0.2) is 0 Å². The summed E-state index contributed by atoms with van der Waals surface area (Å²) < 4.78 is 4.78. The molecular formula is C10H18N4O2. The van der Waals surface area contributed by atoms with Crippen LogP contribution in [0.4, 0.5) is 0 Å². The molecule has 0 radical (unpaired) electrons. The van der Waals surface area contributed by atoms with Crippen molar-refractivity contribution in [3.8, 4) is 0 Å². The Labute approximate surface area is 94.6 Å². The number of aromatic amines is 1. The number of H-pyrrole nitrogens is 1. The minimum Gasteiger partial charge on any atom is -0.460 e. The Morgan fingerprint density at radius 3 is 2.81 bits per heavy atom. The van der Waals surface area contributed by atoms with Gasteiger partial charge in [0.15, 0.2) is 0 Å². The summed E-state index contributed by atoms with van der Waals surface area (Å²) in [6.45, 7) is 6.11. The first-order valence-electron chi connectivity index (χ1n) is 5.45. The van der Waals surface area contributed by atoms with Crippen molar-refractivity contribution in [1.82, 2.24) is 15.2 Å². The van der Waals surface area contributed by atoms with Crippen molar-refractivity contribution in [2.75, 3.05) is 6.61 Å². The zero-order valence-electron chi connectivity index (χ0n) is 9.86. The SMILES string of the molecule is CCOC(=O)c1n[nH]c([C@@H](N)[C@@H](C)CC)n1. The molecule has 0 spiro atoms. The number of rotatable bonds is 5. The molecule has 1 aromatic heterocycles. The minimum absolute atomic E-state index is 0.0376. The van der Waals surface area contributed by atoms with E-state index in [-0.39, 0.29) is 17.8 Å². The first kappa shape index (κ1) is 12.6. The zero-order chi connectivity index (χ0) is 12.1. The second-order valence-corrected chi connectivity index (χ2v) is 3.68. The lowest BCUT2D eigenvalue weighted by Crippen LogP contribution is -2.20. The lowest BCUT2D eigenvalue weighted by molar-refractivity contribution is 0.0512. The highest BCUT2D eigenvalue weighted by molar-refractivity contribution is 5.84. The van der Waals surface area contributed by atoms with E-state index in [4.69, 9.17) is 10.5 Å². The largest absolute Gasteiger partial charge is 0.460 e. The monoisotopic (exact) mass is 226 g/mol. The molecule has 6 heteroatoms. The van der Waals surface area contributed by atoms with Gasteiger partial charge in [0.1, 0.15) is 5.82 Å². The highest BCUT2D eigenvalue weighted by atomic mass is 16.5. The van der Waals surface area contributed by atoms with E-state index in [0.29, 0.717) is 12.4 Å². The topological polar surface area (TPSA) is 93.9 Å². The van der Waals surface area contributed by atoms with Crippen LogP contribution in [0.2, 0.25) is 0 Å². The maximum absolute atomic E-state index is 11.3. The Hall–Kier alpha value is -1.43. The van der Waals surface area contributed by atoms with Gasteiger partial charge in [0.05, 0.1) is 12.6 Å². The number of aromatic nitrogens is 3. The molecule has 2 atom stereocenters. The molecule has 0 aliphatic heterocycles. The summed E-state index contributed by atoms with van der Waals surface area (Å²) in [7, 11) is 0. The fraction of sp³-hybridized carbons (Fsp3) is 0.700. The number of carbonyl (C=O) groups excluding carboxylic acids is 1. The molecular weight excluding hydrogens is 208 g/mol. The van der Waals surface area contributed by atoms with Gasteiger partial charge in [-0.2, -0.15) is 0 Å². The molecule has 0 aliphatic rings. The fourth-order valence-corrected chi connectivity index (χ4v) is 1.23. The van der Waals surface area contributed by atoms with Crippen LogP contribution >= 0.6 is 0 Å². The Bertz CT molecular complexity index is 350. The summed E-state index contributed by atoms with van der Waals surface area (Å²) in [6, 6.07) is -0.235. The van der Waals surface area contributed by atoms with Crippen molar-refractivity contribution in [3.05, 3.63) is 11.6 Å². The van der Waals surface area contributed by atoms with Gasteiger partial charge < -0.3 is 10.5 Å². The highest BCUT2D eigenvalue weighted by Gasteiger charge is 2.20. The van der Waals surface area contributed by atoms with Gasteiger partial charge in [-0.05, 0) is 12.8 Å². The number of hydrogen-bond donors (Lipinski definition) is 2. The number of carbonyl (C=O) groups is 1. The number of hydrogen-bond acceptors (Lipinski definition) is 5. The fourth-order valence-electron chi connectivity index (χ4n) is 1.23. The number of nitrogens with two attached hydrogens (primary N) is 1. The number of nitrogens with one attached hydrogen (secondary N) is 1. The summed E-state index contributed by atoms with van der Waals surface area (Å²) in [4.78, 5) is 15.3. The normalized spacial score (nSPS) is 14.5. The molecule has 3 N–H and O–H groups in total. The van der Waals surface area contributed by atoms with Crippen molar-refractivity contribution in [2.45, 2.75) is 33.2 Å². The van der Waals surface area contributed by atoms with Crippen LogP contribution in [0.1, 0.15) is 49.7 Å². The van der Waals surface area contributed by atoms with Crippen LogP contribution in [0, 0.1) is 5.92 Å². The average molecular weight is 226 g/mol. The van der Waals surface area contributed by atoms with Crippen LogP contribution < -0.4 is 5.73 Å². The van der Waals surface area contributed by atoms with E-state index < -0.39 is 5.97 Å².